The molecule has 6 heteroatoms. The highest BCUT2D eigenvalue weighted by Gasteiger charge is 2.52. The number of carbonyl (C=O) groups is 1. The number of hydrazone groups is 1. The van der Waals surface area contributed by atoms with E-state index >= 15 is 0 Å². The van der Waals surface area contributed by atoms with Crippen LogP contribution in [0.5, 0.6) is 0 Å². The van der Waals surface area contributed by atoms with Crippen molar-refractivity contribution < 1.29 is 9.18 Å². The van der Waals surface area contributed by atoms with E-state index in [4.69, 9.17) is 5.10 Å². The highest BCUT2D eigenvalue weighted by Crippen LogP contribution is 2.55. The van der Waals surface area contributed by atoms with Gasteiger partial charge in [-0.05, 0) is 67.6 Å². The molecule has 1 spiro atoms. The first kappa shape index (κ1) is 17.9. The lowest BCUT2D eigenvalue weighted by molar-refractivity contribution is -0.136. The van der Waals surface area contributed by atoms with E-state index in [1.165, 1.54) is 17.7 Å². The van der Waals surface area contributed by atoms with Crippen LogP contribution in [0.3, 0.4) is 0 Å². The SMILES string of the molecule is Cc1ccc(F)cc1C1=NN(C(=O)CC2CNC2)C2(CCc3ccccc32)S1. The Bertz CT molecular complexity index is 987. The van der Waals surface area contributed by atoms with Gasteiger partial charge in [0.25, 0.3) is 0 Å². The van der Waals surface area contributed by atoms with Gasteiger partial charge in [-0.15, -0.1) is 0 Å². The van der Waals surface area contributed by atoms with Crippen LogP contribution in [0, 0.1) is 18.7 Å². The lowest BCUT2D eigenvalue weighted by atomic mass is 9.98. The van der Waals surface area contributed by atoms with Gasteiger partial charge in [0.1, 0.15) is 15.7 Å². The molecular formula is C22H22FN3OS. The number of thioether (sulfide) groups is 1. The van der Waals surface area contributed by atoms with E-state index in [9.17, 15) is 9.18 Å². The first-order valence-corrected chi connectivity index (χ1v) is 10.5. The molecule has 3 aliphatic rings. The molecule has 2 heterocycles. The second-order valence-electron chi connectivity index (χ2n) is 7.84. The zero-order chi connectivity index (χ0) is 19.3. The minimum atomic E-state index is -0.515. The Morgan fingerprint density at radius 3 is 2.93 bits per heavy atom. The number of nitrogens with one attached hydrogen (secondary N) is 1. The number of carbonyl (C=O) groups excluding carboxylic acids is 1. The molecule has 0 aromatic heterocycles. The van der Waals surface area contributed by atoms with Crippen molar-refractivity contribution in [3.8, 4) is 0 Å². The third-order valence-electron chi connectivity index (χ3n) is 5.97. The molecule has 1 amide bonds. The van der Waals surface area contributed by atoms with Gasteiger partial charge in [0.15, 0.2) is 0 Å². The fourth-order valence-corrected chi connectivity index (χ4v) is 5.81. The van der Waals surface area contributed by atoms with Crippen molar-refractivity contribution >= 4 is 22.7 Å². The Morgan fingerprint density at radius 1 is 1.32 bits per heavy atom. The van der Waals surface area contributed by atoms with Gasteiger partial charge >= 0.3 is 0 Å². The average molecular weight is 396 g/mol. The van der Waals surface area contributed by atoms with E-state index in [0.717, 1.165) is 47.7 Å². The number of aryl methyl sites for hydroxylation is 2. The van der Waals surface area contributed by atoms with E-state index in [1.807, 2.05) is 19.1 Å². The summed E-state index contributed by atoms with van der Waals surface area (Å²) in [5.74, 6) is 0.149. The van der Waals surface area contributed by atoms with Gasteiger partial charge in [0, 0.05) is 12.0 Å². The molecule has 1 atom stereocenters. The average Bonchev–Trinajstić information content (AvgIpc) is 3.23. The second-order valence-corrected chi connectivity index (χ2v) is 9.11. The number of rotatable bonds is 3. The predicted octanol–water partition coefficient (Wildman–Crippen LogP) is 3.78. The van der Waals surface area contributed by atoms with E-state index in [-0.39, 0.29) is 11.7 Å². The van der Waals surface area contributed by atoms with Crippen molar-refractivity contribution in [1.82, 2.24) is 10.3 Å². The molecule has 0 bridgehead atoms. The highest BCUT2D eigenvalue weighted by atomic mass is 32.2. The van der Waals surface area contributed by atoms with Crippen molar-refractivity contribution in [1.29, 1.82) is 0 Å². The second kappa shape index (κ2) is 6.71. The van der Waals surface area contributed by atoms with E-state index in [1.54, 1.807) is 22.8 Å². The Morgan fingerprint density at radius 2 is 2.14 bits per heavy atom. The summed E-state index contributed by atoms with van der Waals surface area (Å²) in [6.07, 6.45) is 2.24. The van der Waals surface area contributed by atoms with Crippen LogP contribution < -0.4 is 5.32 Å². The summed E-state index contributed by atoms with van der Waals surface area (Å²) in [4.78, 5) is 12.7. The standard InChI is InChI=1S/C22H22FN3OS/c1-14-6-7-17(23)11-18(14)21-25-26(20(27)10-15-12-24-13-15)22(28-21)9-8-16-4-2-3-5-19(16)22/h2-7,11,15,24H,8-10,12-13H2,1H3. The monoisotopic (exact) mass is 395 g/mol. The summed E-state index contributed by atoms with van der Waals surface area (Å²) >= 11 is 1.60. The minimum Gasteiger partial charge on any atom is -0.316 e. The molecule has 5 rings (SSSR count). The molecule has 144 valence electrons. The number of halogens is 1. The minimum absolute atomic E-state index is 0.0553. The smallest absolute Gasteiger partial charge is 0.244 e. The Hall–Kier alpha value is -2.18. The quantitative estimate of drug-likeness (QED) is 0.860. The normalized spacial score (nSPS) is 23.6. The molecule has 2 aromatic carbocycles. The van der Waals surface area contributed by atoms with Crippen molar-refractivity contribution in [2.45, 2.75) is 31.1 Å². The van der Waals surface area contributed by atoms with Crippen LogP contribution in [0.15, 0.2) is 47.6 Å². The van der Waals surface area contributed by atoms with Gasteiger partial charge in [-0.25, -0.2) is 9.40 Å². The fourth-order valence-electron chi connectivity index (χ4n) is 4.30. The first-order valence-electron chi connectivity index (χ1n) is 9.73. The maximum absolute atomic E-state index is 13.9. The molecule has 2 aliphatic heterocycles. The summed E-state index contributed by atoms with van der Waals surface area (Å²) < 4.78 is 13.9. The van der Waals surface area contributed by atoms with Crippen LogP contribution in [0.4, 0.5) is 4.39 Å². The lowest BCUT2D eigenvalue weighted by Gasteiger charge is -2.34. The Balaban J connectivity index is 1.57. The molecule has 1 saturated heterocycles. The molecule has 2 aromatic rings. The molecule has 4 nitrogen and oxygen atoms in total. The summed E-state index contributed by atoms with van der Waals surface area (Å²) in [5.41, 5.74) is 4.17. The van der Waals surface area contributed by atoms with E-state index in [2.05, 4.69) is 17.4 Å². The fraction of sp³-hybridized carbons (Fsp3) is 0.364. The van der Waals surface area contributed by atoms with Crippen LogP contribution in [0.25, 0.3) is 0 Å². The third-order valence-corrected chi connectivity index (χ3v) is 7.40. The maximum atomic E-state index is 13.9. The van der Waals surface area contributed by atoms with Crippen LogP contribution in [0.2, 0.25) is 0 Å². The van der Waals surface area contributed by atoms with Crippen molar-refractivity contribution in [3.05, 3.63) is 70.5 Å². The number of fused-ring (bicyclic) bond motifs is 2. The van der Waals surface area contributed by atoms with Crippen LogP contribution in [0.1, 0.15) is 35.1 Å². The maximum Gasteiger partial charge on any atom is 0.244 e. The van der Waals surface area contributed by atoms with Gasteiger partial charge in [-0.3, -0.25) is 4.79 Å². The topological polar surface area (TPSA) is 44.7 Å². The first-order chi connectivity index (χ1) is 13.6. The number of amides is 1. The number of hydrogen-bond acceptors (Lipinski definition) is 4. The van der Waals surface area contributed by atoms with E-state index in [0.29, 0.717) is 12.3 Å². The van der Waals surface area contributed by atoms with Crippen molar-refractivity contribution in [2.24, 2.45) is 11.0 Å². The lowest BCUT2D eigenvalue weighted by Crippen LogP contribution is -2.47. The molecule has 1 N–H and O–H groups in total. The zero-order valence-electron chi connectivity index (χ0n) is 15.7. The summed E-state index contributed by atoms with van der Waals surface area (Å²) in [5, 5.41) is 10.5. The molecule has 1 fully saturated rings. The van der Waals surface area contributed by atoms with Gasteiger partial charge in [0.05, 0.1) is 0 Å². The Labute approximate surface area is 168 Å². The molecule has 0 saturated carbocycles. The third kappa shape index (κ3) is 2.78. The molecule has 0 radical (unpaired) electrons. The number of benzene rings is 2. The Kier molecular flexibility index (Phi) is 4.29. The van der Waals surface area contributed by atoms with Gasteiger partial charge in [-0.1, -0.05) is 42.1 Å². The van der Waals surface area contributed by atoms with Crippen LogP contribution in [-0.4, -0.2) is 29.0 Å². The van der Waals surface area contributed by atoms with E-state index < -0.39 is 4.87 Å². The predicted molar refractivity (Wildman–Crippen MR) is 110 cm³/mol. The van der Waals surface area contributed by atoms with Crippen molar-refractivity contribution in [2.75, 3.05) is 13.1 Å². The van der Waals surface area contributed by atoms with Crippen LogP contribution >= 0.6 is 11.8 Å². The zero-order valence-corrected chi connectivity index (χ0v) is 16.6. The molecule has 28 heavy (non-hydrogen) atoms. The number of hydrogen-bond donors (Lipinski definition) is 1. The summed E-state index contributed by atoms with van der Waals surface area (Å²) in [6, 6.07) is 13.1. The van der Waals surface area contributed by atoms with Gasteiger partial charge < -0.3 is 5.32 Å². The molecule has 1 aliphatic carbocycles. The largest absolute Gasteiger partial charge is 0.316 e. The van der Waals surface area contributed by atoms with Crippen molar-refractivity contribution in [3.63, 3.8) is 0 Å². The van der Waals surface area contributed by atoms with Gasteiger partial charge in [-0.2, -0.15) is 5.10 Å². The highest BCUT2D eigenvalue weighted by molar-refractivity contribution is 8.15. The molecular weight excluding hydrogens is 373 g/mol. The summed E-state index contributed by atoms with van der Waals surface area (Å²) in [7, 11) is 0. The summed E-state index contributed by atoms with van der Waals surface area (Å²) in [6.45, 7) is 3.73. The number of nitrogens with zero attached hydrogens (tertiary/aromatic N) is 2. The van der Waals surface area contributed by atoms with Gasteiger partial charge in [0.2, 0.25) is 5.91 Å². The molecule has 1 unspecified atom stereocenters. The van der Waals surface area contributed by atoms with Crippen LogP contribution in [-0.2, 0) is 16.1 Å².